The zero-order valence-corrected chi connectivity index (χ0v) is 19.7. The highest BCUT2D eigenvalue weighted by molar-refractivity contribution is 5.75. The second-order valence-corrected chi connectivity index (χ2v) is 10.7. The number of hydrogen-bond donors (Lipinski definition) is 1. The van der Waals surface area contributed by atoms with Crippen LogP contribution in [0.25, 0.3) is 0 Å². The van der Waals surface area contributed by atoms with Gasteiger partial charge in [-0.05, 0) is 48.0 Å². The first-order valence-corrected chi connectivity index (χ1v) is 11.4. The van der Waals surface area contributed by atoms with Gasteiger partial charge in [-0.3, -0.25) is 19.1 Å². The molecule has 2 bridgehead atoms. The molecule has 0 saturated carbocycles. The van der Waals surface area contributed by atoms with E-state index in [4.69, 9.17) is 18.9 Å². The summed E-state index contributed by atoms with van der Waals surface area (Å²) in [5, 5.41) is 11.0. The molecule has 0 aromatic heterocycles. The van der Waals surface area contributed by atoms with E-state index >= 15 is 0 Å². The van der Waals surface area contributed by atoms with E-state index in [9.17, 15) is 19.5 Å². The SMILES string of the molecule is CC(=O)O[C@@H]1O[C@H]2OC(=O)C[C@]1(OC(C)=O)[C@@H]2[C@]1(C)CCC2=C([C@H](O)CCC2(C)C)[C@H]1C. The van der Waals surface area contributed by atoms with E-state index in [-0.39, 0.29) is 17.8 Å². The van der Waals surface area contributed by atoms with Crippen molar-refractivity contribution in [2.45, 2.75) is 97.9 Å². The maximum absolute atomic E-state index is 12.4. The lowest BCUT2D eigenvalue weighted by Gasteiger charge is -2.55. The van der Waals surface area contributed by atoms with E-state index in [0.29, 0.717) is 6.42 Å². The van der Waals surface area contributed by atoms with Crippen molar-refractivity contribution in [3.8, 4) is 0 Å². The fourth-order valence-corrected chi connectivity index (χ4v) is 6.76. The quantitative estimate of drug-likeness (QED) is 0.397. The fraction of sp³-hybridized carbons (Fsp3) is 0.792. The van der Waals surface area contributed by atoms with Crippen LogP contribution in [0, 0.1) is 22.7 Å². The van der Waals surface area contributed by atoms with Gasteiger partial charge in [0.1, 0.15) is 0 Å². The summed E-state index contributed by atoms with van der Waals surface area (Å²) in [5.41, 5.74) is 0.317. The molecule has 2 aliphatic carbocycles. The summed E-state index contributed by atoms with van der Waals surface area (Å²) in [5.74, 6) is -2.39. The fourth-order valence-electron chi connectivity index (χ4n) is 6.76. The monoisotopic (exact) mass is 450 g/mol. The summed E-state index contributed by atoms with van der Waals surface area (Å²) in [6.07, 6.45) is 0.0967. The number of aliphatic hydroxyl groups is 1. The molecule has 2 saturated heterocycles. The molecule has 0 aromatic carbocycles. The smallest absolute Gasteiger partial charge is 0.312 e. The average Bonchev–Trinajstić information content (AvgIpc) is 2.84. The Morgan fingerprint density at radius 3 is 2.44 bits per heavy atom. The number of fused-ring (bicyclic) bond motifs is 2. The lowest BCUT2D eigenvalue weighted by Crippen LogP contribution is -2.61. The maximum atomic E-state index is 12.4. The molecule has 0 radical (unpaired) electrons. The van der Waals surface area contributed by atoms with E-state index in [0.717, 1.165) is 24.8 Å². The standard InChI is InChI=1S/C24H34O8/c1-12-18-15(22(4,5)9-8-16(18)27)7-10-23(12,6)19-20-30-17(28)11-24(19,32-14(3)26)21(31-20)29-13(2)25/h12,16,19-21,27H,7-11H2,1-6H3/t12-,16-,19+,20-,21-,23-,24+/m1/s1. The van der Waals surface area contributed by atoms with E-state index in [1.54, 1.807) is 0 Å². The first kappa shape index (κ1) is 23.2. The van der Waals surface area contributed by atoms with Crippen LogP contribution in [0.3, 0.4) is 0 Å². The normalized spacial score (nSPS) is 42.7. The number of ether oxygens (including phenoxy) is 4. The topological polar surface area (TPSA) is 108 Å². The van der Waals surface area contributed by atoms with Gasteiger partial charge < -0.3 is 19.3 Å². The van der Waals surface area contributed by atoms with Crippen LogP contribution < -0.4 is 0 Å². The third-order valence-corrected chi connectivity index (χ3v) is 8.38. The minimum Gasteiger partial charge on any atom is -0.451 e. The van der Waals surface area contributed by atoms with Crippen molar-refractivity contribution >= 4 is 17.9 Å². The summed E-state index contributed by atoms with van der Waals surface area (Å²) in [4.78, 5) is 36.4. The third kappa shape index (κ3) is 3.37. The molecule has 1 N–H and O–H groups in total. The van der Waals surface area contributed by atoms with Gasteiger partial charge in [0.2, 0.25) is 12.6 Å². The van der Waals surface area contributed by atoms with Gasteiger partial charge in [0.05, 0.1) is 18.4 Å². The molecule has 7 atom stereocenters. The number of carbonyl (C=O) groups excluding carboxylic acids is 3. The molecule has 4 rings (SSSR count). The van der Waals surface area contributed by atoms with Gasteiger partial charge in [0.25, 0.3) is 0 Å². The Hall–Kier alpha value is -1.93. The number of carbonyl (C=O) groups is 3. The first-order valence-electron chi connectivity index (χ1n) is 11.4. The van der Waals surface area contributed by atoms with Crippen LogP contribution in [0.2, 0.25) is 0 Å². The van der Waals surface area contributed by atoms with E-state index in [1.807, 2.05) is 0 Å². The van der Waals surface area contributed by atoms with E-state index in [1.165, 1.54) is 19.4 Å². The molecular formula is C24H34O8. The molecule has 2 fully saturated rings. The number of rotatable bonds is 3. The number of esters is 3. The molecule has 8 heteroatoms. The minimum atomic E-state index is -1.48. The summed E-state index contributed by atoms with van der Waals surface area (Å²) in [6.45, 7) is 11.1. The van der Waals surface area contributed by atoms with Gasteiger partial charge in [-0.25, -0.2) is 0 Å². The zero-order chi connectivity index (χ0) is 23.6. The maximum Gasteiger partial charge on any atom is 0.312 e. The van der Waals surface area contributed by atoms with Gasteiger partial charge in [-0.15, -0.1) is 0 Å². The van der Waals surface area contributed by atoms with Crippen molar-refractivity contribution in [1.29, 1.82) is 0 Å². The Bertz CT molecular complexity index is 871. The molecule has 0 aromatic rings. The van der Waals surface area contributed by atoms with Gasteiger partial charge in [-0.2, -0.15) is 0 Å². The van der Waals surface area contributed by atoms with Gasteiger partial charge in [0.15, 0.2) is 5.60 Å². The number of allylic oxidation sites excluding steroid dienone is 1. The van der Waals surface area contributed by atoms with Crippen LogP contribution in [0.4, 0.5) is 0 Å². The Labute approximate surface area is 188 Å². The van der Waals surface area contributed by atoms with Crippen LogP contribution in [0.1, 0.15) is 73.6 Å². The second kappa shape index (κ2) is 7.55. The second-order valence-electron chi connectivity index (χ2n) is 10.7. The Morgan fingerprint density at radius 1 is 1.12 bits per heavy atom. The highest BCUT2D eigenvalue weighted by atomic mass is 16.8. The third-order valence-electron chi connectivity index (χ3n) is 8.38. The molecule has 2 heterocycles. The van der Waals surface area contributed by atoms with Crippen molar-refractivity contribution in [1.82, 2.24) is 0 Å². The summed E-state index contributed by atoms with van der Waals surface area (Å²) < 4.78 is 22.7. The van der Waals surface area contributed by atoms with Crippen molar-refractivity contribution in [3.05, 3.63) is 11.1 Å². The molecule has 8 nitrogen and oxygen atoms in total. The zero-order valence-electron chi connectivity index (χ0n) is 19.7. The van der Waals surface area contributed by atoms with Gasteiger partial charge in [-0.1, -0.05) is 33.3 Å². The van der Waals surface area contributed by atoms with Crippen LogP contribution in [0.5, 0.6) is 0 Å². The number of hydrogen-bond acceptors (Lipinski definition) is 8. The van der Waals surface area contributed by atoms with Gasteiger partial charge >= 0.3 is 17.9 Å². The van der Waals surface area contributed by atoms with E-state index in [2.05, 4.69) is 27.7 Å². The molecule has 0 spiro atoms. The highest BCUT2D eigenvalue weighted by Crippen LogP contribution is 2.63. The molecule has 4 aliphatic rings. The van der Waals surface area contributed by atoms with E-state index < -0.39 is 53.5 Å². The van der Waals surface area contributed by atoms with Crippen molar-refractivity contribution in [3.63, 3.8) is 0 Å². The predicted octanol–water partition coefficient (Wildman–Crippen LogP) is 3.01. The lowest BCUT2D eigenvalue weighted by molar-refractivity contribution is -0.222. The minimum absolute atomic E-state index is 0.00646. The number of aliphatic hydroxyl groups excluding tert-OH is 1. The summed E-state index contributed by atoms with van der Waals surface area (Å²) >= 11 is 0. The van der Waals surface area contributed by atoms with Crippen molar-refractivity contribution < 1.29 is 38.4 Å². The van der Waals surface area contributed by atoms with Crippen molar-refractivity contribution in [2.24, 2.45) is 22.7 Å². The van der Waals surface area contributed by atoms with Gasteiger partial charge in [0, 0.05) is 13.8 Å². The molecule has 0 unspecified atom stereocenters. The van der Waals surface area contributed by atoms with Crippen LogP contribution in [-0.4, -0.2) is 47.3 Å². The van der Waals surface area contributed by atoms with Crippen LogP contribution >= 0.6 is 0 Å². The largest absolute Gasteiger partial charge is 0.451 e. The molecule has 32 heavy (non-hydrogen) atoms. The lowest BCUT2D eigenvalue weighted by atomic mass is 9.51. The highest BCUT2D eigenvalue weighted by Gasteiger charge is 2.72. The molecular weight excluding hydrogens is 416 g/mol. The summed E-state index contributed by atoms with van der Waals surface area (Å²) in [7, 11) is 0. The average molecular weight is 451 g/mol. The molecule has 0 amide bonds. The Kier molecular flexibility index (Phi) is 5.48. The molecule has 2 aliphatic heterocycles. The first-order chi connectivity index (χ1) is 14.8. The Balaban J connectivity index is 1.82. The summed E-state index contributed by atoms with van der Waals surface area (Å²) in [6, 6.07) is 0. The molecule has 178 valence electrons. The van der Waals surface area contributed by atoms with Crippen molar-refractivity contribution in [2.75, 3.05) is 0 Å². The van der Waals surface area contributed by atoms with Crippen LogP contribution in [0.15, 0.2) is 11.1 Å². The Morgan fingerprint density at radius 2 is 1.81 bits per heavy atom. The van der Waals surface area contributed by atoms with Crippen LogP contribution in [-0.2, 0) is 33.3 Å². The predicted molar refractivity (Wildman–Crippen MR) is 112 cm³/mol.